The standard InChI is InChI=1S/C11H26N.H3O4P/c1-5-7-8-9-10-11-12(3,4)6-2;1-5(2,3)4/h5-11H2,1-4H3;(H3,1,2,3,4)/q+1;/p-1. The van der Waals surface area contributed by atoms with Crippen LogP contribution in [0.5, 0.6) is 0 Å². The van der Waals surface area contributed by atoms with Gasteiger partial charge in [-0.2, -0.15) is 0 Å². The fraction of sp³-hybridized carbons (Fsp3) is 1.00. The summed E-state index contributed by atoms with van der Waals surface area (Å²) >= 11 is 0. The van der Waals surface area contributed by atoms with Crippen LogP contribution in [-0.4, -0.2) is 41.5 Å². The molecule has 0 bridgehead atoms. The molecule has 0 aromatic carbocycles. The summed E-state index contributed by atoms with van der Waals surface area (Å²) in [4.78, 5) is 22.9. The SMILES string of the molecule is CCCCCCC[N+](C)(C)CC.O=P([O-])(O)O. The minimum atomic E-state index is -4.89. The summed E-state index contributed by atoms with van der Waals surface area (Å²) in [5.41, 5.74) is 0. The minimum absolute atomic E-state index is 1.19. The molecule has 0 amide bonds. The maximum atomic E-state index is 8.77. The highest BCUT2D eigenvalue weighted by molar-refractivity contribution is 7.43. The Labute approximate surface area is 105 Å². The molecule has 0 atom stereocenters. The molecule has 0 aliphatic rings. The molecule has 0 radical (unpaired) electrons. The second-order valence-electron chi connectivity index (χ2n) is 4.88. The third-order valence-electron chi connectivity index (χ3n) is 2.72. The van der Waals surface area contributed by atoms with Gasteiger partial charge in [0.1, 0.15) is 0 Å². The zero-order valence-electron chi connectivity index (χ0n) is 11.6. The predicted octanol–water partition coefficient (Wildman–Crippen LogP) is 1.49. The van der Waals surface area contributed by atoms with Gasteiger partial charge in [0.05, 0.1) is 27.2 Å². The van der Waals surface area contributed by atoms with E-state index in [4.69, 9.17) is 19.2 Å². The van der Waals surface area contributed by atoms with Gasteiger partial charge in [0.2, 0.25) is 0 Å². The number of hydrogen-bond acceptors (Lipinski definition) is 2. The van der Waals surface area contributed by atoms with E-state index in [1.54, 1.807) is 0 Å². The van der Waals surface area contributed by atoms with Gasteiger partial charge in [-0.15, -0.1) is 0 Å². The Morgan fingerprint density at radius 2 is 1.47 bits per heavy atom. The number of nitrogens with zero attached hydrogens (tertiary/aromatic N) is 1. The number of quaternary nitrogens is 1. The molecule has 0 spiro atoms. The van der Waals surface area contributed by atoms with Crippen molar-refractivity contribution in [3.63, 3.8) is 0 Å². The third-order valence-corrected chi connectivity index (χ3v) is 2.72. The first-order valence-electron chi connectivity index (χ1n) is 6.21. The van der Waals surface area contributed by atoms with Crippen molar-refractivity contribution in [3.8, 4) is 0 Å². The van der Waals surface area contributed by atoms with Crippen LogP contribution in [0, 0.1) is 0 Å². The normalized spacial score (nSPS) is 11.9. The van der Waals surface area contributed by atoms with Crippen LogP contribution in [0.3, 0.4) is 0 Å². The lowest BCUT2D eigenvalue weighted by Crippen LogP contribution is -2.39. The fourth-order valence-electron chi connectivity index (χ4n) is 1.30. The van der Waals surface area contributed by atoms with E-state index in [1.165, 1.54) is 49.7 Å². The molecule has 0 saturated heterocycles. The monoisotopic (exact) mass is 269 g/mol. The lowest BCUT2D eigenvalue weighted by Gasteiger charge is -2.28. The summed E-state index contributed by atoms with van der Waals surface area (Å²) in [5, 5.41) is 0. The van der Waals surface area contributed by atoms with E-state index in [2.05, 4.69) is 27.9 Å². The van der Waals surface area contributed by atoms with Crippen LogP contribution < -0.4 is 4.89 Å². The highest BCUT2D eigenvalue weighted by atomic mass is 31.2. The predicted molar refractivity (Wildman–Crippen MR) is 68.3 cm³/mol. The Bertz CT molecular complexity index is 207. The van der Waals surface area contributed by atoms with Gasteiger partial charge >= 0.3 is 0 Å². The molecule has 0 heterocycles. The summed E-state index contributed by atoms with van der Waals surface area (Å²) in [6, 6.07) is 0. The van der Waals surface area contributed by atoms with Gasteiger partial charge in [0, 0.05) is 0 Å². The number of rotatable bonds is 7. The second kappa shape index (κ2) is 10.0. The van der Waals surface area contributed by atoms with E-state index in [1.807, 2.05) is 0 Å². The number of phosphoric acid groups is 1. The molecule has 6 heteroatoms. The average molecular weight is 269 g/mol. The molecule has 0 rings (SSSR count). The van der Waals surface area contributed by atoms with Crippen LogP contribution in [0.2, 0.25) is 0 Å². The van der Waals surface area contributed by atoms with Gasteiger partial charge in [-0.05, 0) is 19.8 Å². The van der Waals surface area contributed by atoms with Crippen LogP contribution in [0.25, 0.3) is 0 Å². The van der Waals surface area contributed by atoms with Gasteiger partial charge in [0.15, 0.2) is 0 Å². The van der Waals surface area contributed by atoms with Gasteiger partial charge in [-0.25, -0.2) is 0 Å². The van der Waals surface area contributed by atoms with Crippen molar-refractivity contribution in [2.24, 2.45) is 0 Å². The van der Waals surface area contributed by atoms with Gasteiger partial charge in [-0.3, -0.25) is 4.57 Å². The fourth-order valence-corrected chi connectivity index (χ4v) is 1.30. The smallest absolute Gasteiger partial charge is 0.262 e. The molecule has 106 valence electrons. The molecule has 17 heavy (non-hydrogen) atoms. The molecule has 0 aromatic heterocycles. The van der Waals surface area contributed by atoms with Gasteiger partial charge in [-0.1, -0.05) is 26.2 Å². The summed E-state index contributed by atoms with van der Waals surface area (Å²) < 4.78 is 9.96. The zero-order chi connectivity index (χ0) is 13.9. The van der Waals surface area contributed by atoms with E-state index in [0.717, 1.165) is 0 Å². The lowest BCUT2D eigenvalue weighted by atomic mass is 10.1. The summed E-state index contributed by atoms with van der Waals surface area (Å²) in [6.45, 7) is 7.14. The molecule has 2 N–H and O–H groups in total. The molecule has 0 saturated carbocycles. The lowest BCUT2D eigenvalue weighted by molar-refractivity contribution is -0.888. The van der Waals surface area contributed by atoms with Crippen molar-refractivity contribution >= 4 is 7.82 Å². The Balaban J connectivity index is 0. The molecule has 0 unspecified atom stereocenters. The van der Waals surface area contributed by atoms with Crippen molar-refractivity contribution in [1.29, 1.82) is 0 Å². The molecule has 0 fully saturated rings. The Morgan fingerprint density at radius 1 is 1.06 bits per heavy atom. The Morgan fingerprint density at radius 3 is 1.82 bits per heavy atom. The Hall–Kier alpha value is 0.0700. The summed E-state index contributed by atoms with van der Waals surface area (Å²) in [6.07, 6.45) is 7.03. The molecular weight excluding hydrogens is 241 g/mol. The van der Waals surface area contributed by atoms with Gasteiger partial charge in [0.25, 0.3) is 7.82 Å². The zero-order valence-corrected chi connectivity index (χ0v) is 12.4. The summed E-state index contributed by atoms with van der Waals surface area (Å²) in [5.74, 6) is 0. The van der Waals surface area contributed by atoms with Gasteiger partial charge < -0.3 is 19.2 Å². The van der Waals surface area contributed by atoms with Crippen LogP contribution in [0.1, 0.15) is 46.0 Å². The van der Waals surface area contributed by atoms with Crippen LogP contribution >= 0.6 is 7.82 Å². The van der Waals surface area contributed by atoms with Crippen molar-refractivity contribution in [2.75, 3.05) is 27.2 Å². The molecular formula is C11H28NO4P. The van der Waals surface area contributed by atoms with Crippen molar-refractivity contribution in [1.82, 2.24) is 0 Å². The maximum Gasteiger partial charge on any atom is 0.262 e. The molecule has 5 nitrogen and oxygen atoms in total. The highest BCUT2D eigenvalue weighted by Gasteiger charge is 2.09. The van der Waals surface area contributed by atoms with Crippen molar-refractivity contribution < 1.29 is 23.7 Å². The van der Waals surface area contributed by atoms with E-state index in [0.29, 0.717) is 0 Å². The van der Waals surface area contributed by atoms with Crippen molar-refractivity contribution in [3.05, 3.63) is 0 Å². The Kier molecular flexibility index (Phi) is 11.5. The first-order chi connectivity index (χ1) is 7.62. The van der Waals surface area contributed by atoms with Crippen molar-refractivity contribution in [2.45, 2.75) is 46.0 Å². The van der Waals surface area contributed by atoms with E-state index in [-0.39, 0.29) is 0 Å². The van der Waals surface area contributed by atoms with Crippen LogP contribution in [0.15, 0.2) is 0 Å². The van der Waals surface area contributed by atoms with Crippen LogP contribution in [0.4, 0.5) is 0 Å². The maximum absolute atomic E-state index is 8.77. The topological polar surface area (TPSA) is 80.6 Å². The first kappa shape index (κ1) is 19.4. The summed E-state index contributed by atoms with van der Waals surface area (Å²) in [7, 11) is -0.250. The highest BCUT2D eigenvalue weighted by Crippen LogP contribution is 2.18. The van der Waals surface area contributed by atoms with Crippen LogP contribution in [-0.2, 0) is 4.57 Å². The first-order valence-corrected chi connectivity index (χ1v) is 7.74. The van der Waals surface area contributed by atoms with E-state index >= 15 is 0 Å². The molecule has 0 aromatic rings. The number of unbranched alkanes of at least 4 members (excludes halogenated alkanes) is 4. The number of hydrogen-bond donors (Lipinski definition) is 2. The third kappa shape index (κ3) is 26.0. The average Bonchev–Trinajstić information content (AvgIpc) is 2.15. The quantitative estimate of drug-likeness (QED) is 0.417. The van der Waals surface area contributed by atoms with E-state index < -0.39 is 7.82 Å². The molecule has 0 aliphatic carbocycles. The second-order valence-corrected chi connectivity index (χ2v) is 5.86. The largest absolute Gasteiger partial charge is 0.756 e. The molecule has 0 aliphatic heterocycles. The van der Waals surface area contributed by atoms with E-state index in [9.17, 15) is 0 Å². The minimum Gasteiger partial charge on any atom is -0.756 e.